The number of nitrogens with zero attached hydrogens (tertiary/aromatic N) is 2. The molecule has 0 saturated carbocycles. The highest BCUT2D eigenvalue weighted by Crippen LogP contribution is 2.28. The smallest absolute Gasteiger partial charge is 0.194 e. The molecule has 0 unspecified atom stereocenters. The van der Waals surface area contributed by atoms with E-state index in [0.717, 1.165) is 16.3 Å². The van der Waals surface area contributed by atoms with Crippen molar-refractivity contribution in [2.45, 2.75) is 26.2 Å². The molecule has 0 spiro atoms. The van der Waals surface area contributed by atoms with Crippen LogP contribution in [0.2, 0.25) is 0 Å². The maximum absolute atomic E-state index is 5.54. The maximum Gasteiger partial charge on any atom is 0.194 e. The Hall–Kier alpha value is -1.27. The van der Waals surface area contributed by atoms with Crippen molar-refractivity contribution in [3.05, 3.63) is 23.0 Å². The molecule has 2 aromatic rings. The fraction of sp³-hybridized carbons (Fsp3) is 0.364. The molecule has 0 aliphatic carbocycles. The van der Waals surface area contributed by atoms with E-state index < -0.39 is 0 Å². The van der Waals surface area contributed by atoms with Crippen LogP contribution in [0.1, 0.15) is 25.2 Å². The molecule has 0 atom stereocenters. The molecule has 0 bridgehead atoms. The molecule has 3 heteroatoms. The third-order valence-corrected chi connectivity index (χ3v) is 3.15. The first-order chi connectivity index (χ1) is 6.56. The van der Waals surface area contributed by atoms with Crippen LogP contribution in [-0.2, 0) is 5.41 Å². The number of aryl methyl sites for hydroxylation is 1. The fourth-order valence-electron chi connectivity index (χ4n) is 1.72. The van der Waals surface area contributed by atoms with Gasteiger partial charge in [0.2, 0.25) is 0 Å². The topological polar surface area (TPSA) is 17.3 Å². The van der Waals surface area contributed by atoms with E-state index in [0.29, 0.717) is 0 Å². The average Bonchev–Trinajstić information content (AvgIpc) is 2.62. The van der Waals surface area contributed by atoms with Crippen LogP contribution in [0.5, 0.6) is 0 Å². The molecule has 0 fully saturated rings. The minimum absolute atomic E-state index is 0.259. The normalized spacial score (nSPS) is 11.9. The summed E-state index contributed by atoms with van der Waals surface area (Å²) in [6.45, 7) is 6.09. The van der Waals surface area contributed by atoms with Crippen molar-refractivity contribution in [2.24, 2.45) is 0 Å². The van der Waals surface area contributed by atoms with Crippen molar-refractivity contribution < 1.29 is 0 Å². The second-order valence-corrected chi connectivity index (χ2v) is 4.74. The molecule has 0 aliphatic rings. The van der Waals surface area contributed by atoms with Gasteiger partial charge in [0.1, 0.15) is 0 Å². The van der Waals surface area contributed by atoms with Gasteiger partial charge in [-0.05, 0) is 20.8 Å². The Morgan fingerprint density at radius 2 is 2.29 bits per heavy atom. The Morgan fingerprint density at radius 1 is 1.57 bits per heavy atom. The number of fused-ring (bicyclic) bond motifs is 1. The summed E-state index contributed by atoms with van der Waals surface area (Å²) in [5.74, 6) is 2.81. The highest BCUT2D eigenvalue weighted by atomic mass is 32.1. The van der Waals surface area contributed by atoms with E-state index in [1.165, 1.54) is 0 Å². The predicted octanol–water partition coefficient (Wildman–Crippen LogP) is 2.62. The molecule has 2 nitrogen and oxygen atoms in total. The first-order valence-corrected chi connectivity index (χ1v) is 5.34. The van der Waals surface area contributed by atoms with E-state index in [1.54, 1.807) is 11.3 Å². The zero-order valence-corrected chi connectivity index (χ0v) is 9.35. The summed E-state index contributed by atoms with van der Waals surface area (Å²) in [5, 5.41) is 2.03. The number of hydrogen-bond acceptors (Lipinski definition) is 2. The van der Waals surface area contributed by atoms with Crippen LogP contribution in [0, 0.1) is 19.3 Å². The first-order valence-electron chi connectivity index (χ1n) is 4.46. The highest BCUT2D eigenvalue weighted by molar-refractivity contribution is 7.15. The van der Waals surface area contributed by atoms with Crippen molar-refractivity contribution >= 4 is 16.3 Å². The monoisotopic (exact) mass is 204 g/mol. The number of thiazole rings is 1. The zero-order valence-electron chi connectivity index (χ0n) is 8.53. The van der Waals surface area contributed by atoms with E-state index in [1.807, 2.05) is 32.3 Å². The summed E-state index contributed by atoms with van der Waals surface area (Å²) in [6, 6.07) is 0. The lowest BCUT2D eigenvalue weighted by atomic mass is 9.89. The van der Waals surface area contributed by atoms with E-state index in [-0.39, 0.29) is 5.41 Å². The van der Waals surface area contributed by atoms with Crippen molar-refractivity contribution in [1.29, 1.82) is 0 Å². The summed E-state index contributed by atoms with van der Waals surface area (Å²) < 4.78 is 2.08. The molecular weight excluding hydrogens is 192 g/mol. The second kappa shape index (κ2) is 2.86. The van der Waals surface area contributed by atoms with Gasteiger partial charge in [0.25, 0.3) is 0 Å². The third-order valence-electron chi connectivity index (χ3n) is 2.39. The molecule has 2 heterocycles. The van der Waals surface area contributed by atoms with Crippen molar-refractivity contribution in [2.75, 3.05) is 0 Å². The van der Waals surface area contributed by atoms with Crippen LogP contribution in [0.4, 0.5) is 0 Å². The van der Waals surface area contributed by atoms with Gasteiger partial charge < -0.3 is 0 Å². The Balaban J connectivity index is 2.78. The minimum Gasteiger partial charge on any atom is -0.293 e. The van der Waals surface area contributed by atoms with E-state index >= 15 is 0 Å². The summed E-state index contributed by atoms with van der Waals surface area (Å²) >= 11 is 1.63. The van der Waals surface area contributed by atoms with Crippen molar-refractivity contribution in [3.8, 4) is 12.3 Å². The van der Waals surface area contributed by atoms with E-state index in [4.69, 9.17) is 6.42 Å². The fourth-order valence-corrected chi connectivity index (χ4v) is 2.48. The van der Waals surface area contributed by atoms with Crippen LogP contribution in [0.25, 0.3) is 4.96 Å². The molecule has 0 aromatic carbocycles. The van der Waals surface area contributed by atoms with Gasteiger partial charge >= 0.3 is 0 Å². The van der Waals surface area contributed by atoms with Gasteiger partial charge in [-0.1, -0.05) is 5.92 Å². The Bertz CT molecular complexity index is 511. The lowest BCUT2D eigenvalue weighted by molar-refractivity contribution is 0.657. The van der Waals surface area contributed by atoms with Gasteiger partial charge in [-0.3, -0.25) is 4.40 Å². The van der Waals surface area contributed by atoms with Crippen molar-refractivity contribution in [3.63, 3.8) is 0 Å². The molecule has 2 rings (SSSR count). The summed E-state index contributed by atoms with van der Waals surface area (Å²) in [7, 11) is 0. The van der Waals surface area contributed by atoms with E-state index in [2.05, 4.69) is 15.3 Å². The Morgan fingerprint density at radius 3 is 2.93 bits per heavy atom. The van der Waals surface area contributed by atoms with Crippen molar-refractivity contribution in [1.82, 2.24) is 9.38 Å². The molecule has 0 aliphatic heterocycles. The Labute approximate surface area is 87.6 Å². The average molecular weight is 204 g/mol. The molecular formula is C11H12N2S. The van der Waals surface area contributed by atoms with Gasteiger partial charge in [0, 0.05) is 11.6 Å². The number of imidazole rings is 1. The maximum atomic E-state index is 5.54. The predicted molar refractivity (Wildman–Crippen MR) is 59.7 cm³/mol. The van der Waals surface area contributed by atoms with Gasteiger partial charge in [-0.25, -0.2) is 4.98 Å². The lowest BCUT2D eigenvalue weighted by Crippen LogP contribution is -2.17. The van der Waals surface area contributed by atoms with Crippen LogP contribution in [0.3, 0.4) is 0 Å². The first kappa shape index (κ1) is 9.29. The standard InChI is InChI=1S/C11H12N2S/c1-5-11(3,4)9-8(2)12-10-13(9)6-7-14-10/h1,6-7H,2-4H3. The number of rotatable bonds is 1. The molecule has 0 N–H and O–H groups in total. The quantitative estimate of drug-likeness (QED) is 0.653. The zero-order chi connectivity index (χ0) is 10.3. The Kier molecular flexibility index (Phi) is 1.90. The van der Waals surface area contributed by atoms with Crippen LogP contribution >= 0.6 is 11.3 Å². The van der Waals surface area contributed by atoms with Gasteiger partial charge in [-0.15, -0.1) is 17.8 Å². The summed E-state index contributed by atoms with van der Waals surface area (Å²) in [5.41, 5.74) is 1.89. The second-order valence-electron chi connectivity index (χ2n) is 3.87. The summed E-state index contributed by atoms with van der Waals surface area (Å²) in [6.07, 6.45) is 7.56. The SMILES string of the molecule is C#CC(C)(C)c1c(C)nc2sccn12. The van der Waals surface area contributed by atoms with Crippen LogP contribution in [-0.4, -0.2) is 9.38 Å². The molecule has 72 valence electrons. The van der Waals surface area contributed by atoms with Crippen LogP contribution < -0.4 is 0 Å². The van der Waals surface area contributed by atoms with Gasteiger partial charge in [0.15, 0.2) is 4.96 Å². The number of terminal acetylenes is 1. The largest absolute Gasteiger partial charge is 0.293 e. The third kappa shape index (κ3) is 1.15. The van der Waals surface area contributed by atoms with Crippen LogP contribution in [0.15, 0.2) is 11.6 Å². The lowest BCUT2D eigenvalue weighted by Gasteiger charge is -2.17. The molecule has 0 radical (unpaired) electrons. The molecule has 0 amide bonds. The molecule has 2 aromatic heterocycles. The minimum atomic E-state index is -0.259. The van der Waals surface area contributed by atoms with E-state index in [9.17, 15) is 0 Å². The molecule has 0 saturated heterocycles. The molecule has 14 heavy (non-hydrogen) atoms. The van der Waals surface area contributed by atoms with Gasteiger partial charge in [-0.2, -0.15) is 0 Å². The summed E-state index contributed by atoms with van der Waals surface area (Å²) in [4.78, 5) is 5.49. The number of aromatic nitrogens is 2. The highest BCUT2D eigenvalue weighted by Gasteiger charge is 2.25. The number of hydrogen-bond donors (Lipinski definition) is 0. The van der Waals surface area contributed by atoms with Gasteiger partial charge in [0.05, 0.1) is 16.8 Å².